The monoisotopic (exact) mass is 200 g/mol. The lowest BCUT2D eigenvalue weighted by Gasteiger charge is -2.19. The van der Waals surface area contributed by atoms with Crippen molar-refractivity contribution in [2.75, 3.05) is 21.3 Å². The van der Waals surface area contributed by atoms with Crippen molar-refractivity contribution in [3.05, 3.63) is 36.6 Å². The summed E-state index contributed by atoms with van der Waals surface area (Å²) in [5, 5.41) is 0. The zero-order valence-electron chi connectivity index (χ0n) is 8.32. The average molecular weight is 200 g/mol. The third kappa shape index (κ3) is 4.19. The number of hydrogen-bond donors (Lipinski definition) is 0. The summed E-state index contributed by atoms with van der Waals surface area (Å²) in [5.74, 6) is 0. The molecular formula is C9H16O3Si. The van der Waals surface area contributed by atoms with E-state index < -0.39 is 8.80 Å². The Kier molecular flexibility index (Phi) is 6.44. The van der Waals surface area contributed by atoms with E-state index in [-0.39, 0.29) is 0 Å². The number of rotatable bonds is 6. The van der Waals surface area contributed by atoms with E-state index in [1.54, 1.807) is 33.1 Å². The van der Waals surface area contributed by atoms with Gasteiger partial charge in [-0.1, -0.05) is 30.9 Å². The molecule has 0 unspecified atom stereocenters. The molecule has 0 aromatic carbocycles. The normalized spacial score (nSPS) is 12.8. The van der Waals surface area contributed by atoms with E-state index in [0.717, 1.165) is 0 Å². The quantitative estimate of drug-likeness (QED) is 0.482. The van der Waals surface area contributed by atoms with Crippen molar-refractivity contribution in [3.63, 3.8) is 0 Å². The van der Waals surface area contributed by atoms with Crippen LogP contribution in [0.3, 0.4) is 0 Å². The van der Waals surface area contributed by atoms with E-state index in [2.05, 4.69) is 6.58 Å². The Morgan fingerprint density at radius 1 is 0.923 bits per heavy atom. The van der Waals surface area contributed by atoms with Crippen LogP contribution in [0, 0.1) is 0 Å². The smallest absolute Gasteiger partial charge is 0.374 e. The molecular weight excluding hydrogens is 184 g/mol. The SMILES string of the molecule is C=CC=CC=C[Si](OC)(OC)OC. The van der Waals surface area contributed by atoms with Crippen LogP contribution in [0.2, 0.25) is 0 Å². The highest BCUT2D eigenvalue weighted by Gasteiger charge is 2.33. The van der Waals surface area contributed by atoms with Gasteiger partial charge >= 0.3 is 8.80 Å². The summed E-state index contributed by atoms with van der Waals surface area (Å²) in [7, 11) is 2.18. The molecule has 0 aliphatic heterocycles. The molecule has 0 fully saturated rings. The van der Waals surface area contributed by atoms with E-state index in [0.29, 0.717) is 0 Å². The molecule has 13 heavy (non-hydrogen) atoms. The summed E-state index contributed by atoms with van der Waals surface area (Å²) in [6.45, 7) is 3.55. The van der Waals surface area contributed by atoms with Gasteiger partial charge in [0.1, 0.15) is 0 Å². The van der Waals surface area contributed by atoms with Crippen LogP contribution in [0.5, 0.6) is 0 Å². The third-order valence-corrected chi connectivity index (χ3v) is 3.82. The summed E-state index contributed by atoms with van der Waals surface area (Å²) in [6, 6.07) is 0. The summed E-state index contributed by atoms with van der Waals surface area (Å²) in [5.41, 5.74) is 1.80. The van der Waals surface area contributed by atoms with Crippen LogP contribution in [0.1, 0.15) is 0 Å². The Morgan fingerprint density at radius 2 is 1.46 bits per heavy atom. The largest absolute Gasteiger partial charge is 0.528 e. The molecule has 0 aromatic rings. The number of allylic oxidation sites excluding steroid dienone is 4. The first-order valence-corrected chi connectivity index (χ1v) is 5.67. The van der Waals surface area contributed by atoms with Gasteiger partial charge in [0.2, 0.25) is 0 Å². The van der Waals surface area contributed by atoms with Gasteiger partial charge in [0.05, 0.1) is 0 Å². The predicted molar refractivity (Wildman–Crippen MR) is 55.3 cm³/mol. The van der Waals surface area contributed by atoms with Crippen molar-refractivity contribution >= 4 is 8.80 Å². The Hall–Kier alpha value is -0.683. The zero-order chi connectivity index (χ0) is 10.2. The number of hydrogen-bond acceptors (Lipinski definition) is 3. The first-order valence-electron chi connectivity index (χ1n) is 3.87. The van der Waals surface area contributed by atoms with Crippen molar-refractivity contribution in [3.8, 4) is 0 Å². The van der Waals surface area contributed by atoms with Gasteiger partial charge in [-0.05, 0) is 5.70 Å². The Labute approximate surface area is 80.7 Å². The molecule has 0 amide bonds. The Morgan fingerprint density at radius 3 is 1.85 bits per heavy atom. The maximum absolute atomic E-state index is 5.16. The maximum Gasteiger partial charge on any atom is 0.528 e. The van der Waals surface area contributed by atoms with Crippen LogP contribution in [0.15, 0.2) is 36.6 Å². The molecule has 0 aliphatic carbocycles. The van der Waals surface area contributed by atoms with Crippen LogP contribution < -0.4 is 0 Å². The van der Waals surface area contributed by atoms with Crippen molar-refractivity contribution in [1.29, 1.82) is 0 Å². The molecule has 74 valence electrons. The van der Waals surface area contributed by atoms with E-state index in [9.17, 15) is 0 Å². The molecule has 0 saturated carbocycles. The second-order valence-corrected chi connectivity index (χ2v) is 4.96. The van der Waals surface area contributed by atoms with Crippen molar-refractivity contribution in [2.24, 2.45) is 0 Å². The van der Waals surface area contributed by atoms with Gasteiger partial charge in [0.25, 0.3) is 0 Å². The molecule has 0 saturated heterocycles. The summed E-state index contributed by atoms with van der Waals surface area (Å²) >= 11 is 0. The van der Waals surface area contributed by atoms with E-state index in [1.807, 2.05) is 18.2 Å². The molecule has 0 heterocycles. The van der Waals surface area contributed by atoms with Crippen LogP contribution in [0.4, 0.5) is 0 Å². The molecule has 0 atom stereocenters. The van der Waals surface area contributed by atoms with Gasteiger partial charge in [0, 0.05) is 21.3 Å². The highest BCUT2D eigenvalue weighted by Crippen LogP contribution is 2.07. The standard InChI is InChI=1S/C9H16O3Si/c1-5-6-7-8-9-13(10-2,11-3)12-4/h5-9H,1H2,2-4H3. The Bertz CT molecular complexity index is 187. The van der Waals surface area contributed by atoms with Gasteiger partial charge in [-0.25, -0.2) is 0 Å². The minimum absolute atomic E-state index is 1.57. The minimum atomic E-state index is -2.53. The minimum Gasteiger partial charge on any atom is -0.374 e. The molecule has 0 radical (unpaired) electrons. The average Bonchev–Trinajstić information content (AvgIpc) is 2.20. The molecule has 0 bridgehead atoms. The molecule has 0 N–H and O–H groups in total. The molecule has 0 aliphatic rings. The van der Waals surface area contributed by atoms with Crippen molar-refractivity contribution in [1.82, 2.24) is 0 Å². The third-order valence-electron chi connectivity index (χ3n) is 1.51. The topological polar surface area (TPSA) is 27.7 Å². The second kappa shape index (κ2) is 6.79. The predicted octanol–water partition coefficient (Wildman–Crippen LogP) is 1.70. The first-order chi connectivity index (χ1) is 6.24. The van der Waals surface area contributed by atoms with Gasteiger partial charge in [-0.2, -0.15) is 0 Å². The van der Waals surface area contributed by atoms with Crippen LogP contribution in [-0.4, -0.2) is 30.1 Å². The van der Waals surface area contributed by atoms with Gasteiger partial charge in [-0.15, -0.1) is 0 Å². The fraction of sp³-hybridized carbons (Fsp3) is 0.333. The lowest BCUT2D eigenvalue weighted by atomic mass is 10.5. The molecule has 0 aromatic heterocycles. The lowest BCUT2D eigenvalue weighted by molar-refractivity contribution is 0.138. The van der Waals surface area contributed by atoms with Gasteiger partial charge in [-0.3, -0.25) is 0 Å². The van der Waals surface area contributed by atoms with Crippen LogP contribution >= 0.6 is 0 Å². The Balaban J connectivity index is 4.31. The van der Waals surface area contributed by atoms with E-state index >= 15 is 0 Å². The van der Waals surface area contributed by atoms with Crippen LogP contribution in [0.25, 0.3) is 0 Å². The highest BCUT2D eigenvalue weighted by atomic mass is 28.4. The van der Waals surface area contributed by atoms with Gasteiger partial charge < -0.3 is 13.3 Å². The van der Waals surface area contributed by atoms with Gasteiger partial charge in [0.15, 0.2) is 0 Å². The molecule has 0 rings (SSSR count). The van der Waals surface area contributed by atoms with Crippen molar-refractivity contribution < 1.29 is 13.3 Å². The summed E-state index contributed by atoms with van der Waals surface area (Å²) in [4.78, 5) is 0. The highest BCUT2D eigenvalue weighted by molar-refractivity contribution is 6.66. The first kappa shape index (κ1) is 12.3. The van der Waals surface area contributed by atoms with E-state index in [1.165, 1.54) is 0 Å². The fourth-order valence-electron chi connectivity index (χ4n) is 0.770. The van der Waals surface area contributed by atoms with Crippen LogP contribution in [-0.2, 0) is 13.3 Å². The zero-order valence-corrected chi connectivity index (χ0v) is 9.32. The molecule has 0 spiro atoms. The summed E-state index contributed by atoms with van der Waals surface area (Å²) < 4.78 is 15.5. The van der Waals surface area contributed by atoms with E-state index in [4.69, 9.17) is 13.3 Å². The summed E-state index contributed by atoms with van der Waals surface area (Å²) in [6.07, 6.45) is 7.17. The molecule has 4 heteroatoms. The maximum atomic E-state index is 5.16. The molecule has 3 nitrogen and oxygen atoms in total. The van der Waals surface area contributed by atoms with Crippen molar-refractivity contribution in [2.45, 2.75) is 0 Å². The fourth-order valence-corrected chi connectivity index (χ4v) is 2.03. The second-order valence-electron chi connectivity index (χ2n) is 2.20. The lowest BCUT2D eigenvalue weighted by Crippen LogP contribution is -2.40.